The molecule has 1 heterocycles. The van der Waals surface area contributed by atoms with Crippen LogP contribution in [-0.4, -0.2) is 31.3 Å². The van der Waals surface area contributed by atoms with Crippen molar-refractivity contribution in [3.05, 3.63) is 54.9 Å². The summed E-state index contributed by atoms with van der Waals surface area (Å²) in [6.07, 6.45) is 3.42. The highest BCUT2D eigenvalue weighted by atomic mass is 16.5. The Morgan fingerprint density at radius 3 is 1.64 bits per heavy atom. The van der Waals surface area contributed by atoms with Crippen molar-refractivity contribution in [1.29, 1.82) is 0 Å². The van der Waals surface area contributed by atoms with E-state index in [1.807, 2.05) is 24.3 Å². The maximum absolute atomic E-state index is 5.69. The highest BCUT2D eigenvalue weighted by Gasteiger charge is 2.07. The molecular weight excluding hydrogens is 320 g/mol. The minimum atomic E-state index is 0.243. The minimum absolute atomic E-state index is 0.243. The Morgan fingerprint density at radius 1 is 0.600 bits per heavy atom. The number of rotatable bonds is 6. The van der Waals surface area contributed by atoms with Crippen LogP contribution in [0.4, 0.5) is 0 Å². The second-order valence-electron chi connectivity index (χ2n) is 5.13. The fourth-order valence-electron chi connectivity index (χ4n) is 2.25. The molecule has 0 atom stereocenters. The molecule has 3 rings (SSSR count). The van der Waals surface area contributed by atoms with Gasteiger partial charge >= 0.3 is 6.01 Å². The molecule has 25 heavy (non-hydrogen) atoms. The van der Waals surface area contributed by atoms with Crippen LogP contribution in [0.15, 0.2) is 54.9 Å². The van der Waals surface area contributed by atoms with Gasteiger partial charge in [0.2, 0.25) is 0 Å². The number of aromatic nitrogens is 2. The van der Waals surface area contributed by atoms with Crippen LogP contribution >= 0.6 is 0 Å². The van der Waals surface area contributed by atoms with Crippen molar-refractivity contribution in [3.63, 3.8) is 0 Å². The SMILES string of the molecule is COc1ccc(-c2cnc(Oc3cc(OC)cc(OC)c3)nc2)cc1. The normalized spacial score (nSPS) is 10.2. The quantitative estimate of drug-likeness (QED) is 0.678. The van der Waals surface area contributed by atoms with E-state index in [1.54, 1.807) is 51.9 Å². The summed E-state index contributed by atoms with van der Waals surface area (Å²) in [5.41, 5.74) is 1.88. The van der Waals surface area contributed by atoms with Crippen molar-refractivity contribution in [3.8, 4) is 40.1 Å². The van der Waals surface area contributed by atoms with Crippen molar-refractivity contribution in [2.75, 3.05) is 21.3 Å². The van der Waals surface area contributed by atoms with E-state index in [2.05, 4.69) is 9.97 Å². The average molecular weight is 338 g/mol. The first-order valence-corrected chi connectivity index (χ1v) is 7.59. The van der Waals surface area contributed by atoms with Crippen LogP contribution in [0.5, 0.6) is 29.0 Å². The first kappa shape index (κ1) is 16.6. The molecule has 0 fully saturated rings. The molecule has 0 aliphatic rings. The van der Waals surface area contributed by atoms with Crippen molar-refractivity contribution in [2.24, 2.45) is 0 Å². The molecule has 0 amide bonds. The number of nitrogens with zero attached hydrogens (tertiary/aromatic N) is 2. The molecule has 0 saturated carbocycles. The van der Waals surface area contributed by atoms with Gasteiger partial charge in [-0.15, -0.1) is 0 Å². The number of hydrogen-bond donors (Lipinski definition) is 0. The van der Waals surface area contributed by atoms with Gasteiger partial charge in [0.1, 0.15) is 23.0 Å². The molecule has 0 aliphatic heterocycles. The summed E-state index contributed by atoms with van der Waals surface area (Å²) in [5, 5.41) is 0. The van der Waals surface area contributed by atoms with Gasteiger partial charge in [0, 0.05) is 36.2 Å². The van der Waals surface area contributed by atoms with Crippen LogP contribution in [0, 0.1) is 0 Å². The van der Waals surface area contributed by atoms with Gasteiger partial charge in [-0.25, -0.2) is 9.97 Å². The van der Waals surface area contributed by atoms with E-state index >= 15 is 0 Å². The maximum atomic E-state index is 5.69. The van der Waals surface area contributed by atoms with Crippen LogP contribution < -0.4 is 18.9 Å². The fraction of sp³-hybridized carbons (Fsp3) is 0.158. The molecule has 6 nitrogen and oxygen atoms in total. The van der Waals surface area contributed by atoms with Crippen LogP contribution in [0.2, 0.25) is 0 Å². The third-order valence-corrected chi connectivity index (χ3v) is 3.59. The molecule has 3 aromatic rings. The van der Waals surface area contributed by atoms with E-state index in [9.17, 15) is 0 Å². The Morgan fingerprint density at radius 2 is 1.12 bits per heavy atom. The summed E-state index contributed by atoms with van der Waals surface area (Å²) in [7, 11) is 4.80. The van der Waals surface area contributed by atoms with Crippen LogP contribution in [0.1, 0.15) is 0 Å². The largest absolute Gasteiger partial charge is 0.497 e. The van der Waals surface area contributed by atoms with E-state index in [4.69, 9.17) is 18.9 Å². The van der Waals surface area contributed by atoms with Crippen molar-refractivity contribution < 1.29 is 18.9 Å². The molecule has 0 radical (unpaired) electrons. The predicted molar refractivity (Wildman–Crippen MR) is 93.6 cm³/mol. The zero-order valence-electron chi connectivity index (χ0n) is 14.2. The summed E-state index contributed by atoms with van der Waals surface area (Å²) >= 11 is 0. The summed E-state index contributed by atoms with van der Waals surface area (Å²) < 4.78 is 21.3. The van der Waals surface area contributed by atoms with Gasteiger partial charge in [-0.2, -0.15) is 0 Å². The van der Waals surface area contributed by atoms with E-state index in [1.165, 1.54) is 0 Å². The molecule has 2 aromatic carbocycles. The van der Waals surface area contributed by atoms with Gasteiger partial charge in [-0.05, 0) is 17.7 Å². The second kappa shape index (κ2) is 7.53. The lowest BCUT2D eigenvalue weighted by Crippen LogP contribution is -1.94. The molecular formula is C19H18N2O4. The van der Waals surface area contributed by atoms with Crippen LogP contribution in [0.25, 0.3) is 11.1 Å². The molecule has 0 spiro atoms. The van der Waals surface area contributed by atoms with Gasteiger partial charge < -0.3 is 18.9 Å². The molecule has 0 unspecified atom stereocenters. The van der Waals surface area contributed by atoms with Crippen molar-refractivity contribution >= 4 is 0 Å². The first-order valence-electron chi connectivity index (χ1n) is 7.59. The van der Waals surface area contributed by atoms with E-state index in [0.29, 0.717) is 17.2 Å². The Hall–Kier alpha value is -3.28. The zero-order valence-corrected chi connectivity index (χ0v) is 14.2. The Bertz CT molecular complexity index is 811. The number of hydrogen-bond acceptors (Lipinski definition) is 6. The summed E-state index contributed by atoms with van der Waals surface area (Å²) in [6, 6.07) is 13.2. The summed E-state index contributed by atoms with van der Waals surface area (Å²) in [5.74, 6) is 2.60. The van der Waals surface area contributed by atoms with Gasteiger partial charge in [-0.1, -0.05) is 12.1 Å². The van der Waals surface area contributed by atoms with Crippen molar-refractivity contribution in [1.82, 2.24) is 9.97 Å². The van der Waals surface area contributed by atoms with Gasteiger partial charge in [0.15, 0.2) is 0 Å². The van der Waals surface area contributed by atoms with Gasteiger partial charge in [0.05, 0.1) is 21.3 Å². The molecule has 0 N–H and O–H groups in total. The summed E-state index contributed by atoms with van der Waals surface area (Å²) in [6.45, 7) is 0. The lowest BCUT2D eigenvalue weighted by Gasteiger charge is -2.09. The zero-order chi connectivity index (χ0) is 17.6. The molecule has 1 aromatic heterocycles. The van der Waals surface area contributed by atoms with E-state index in [0.717, 1.165) is 16.9 Å². The molecule has 0 saturated heterocycles. The van der Waals surface area contributed by atoms with Crippen LogP contribution in [0.3, 0.4) is 0 Å². The molecule has 6 heteroatoms. The number of methoxy groups -OCH3 is 3. The fourth-order valence-corrected chi connectivity index (χ4v) is 2.25. The van der Waals surface area contributed by atoms with Crippen molar-refractivity contribution in [2.45, 2.75) is 0 Å². The molecule has 128 valence electrons. The smallest absolute Gasteiger partial charge is 0.321 e. The second-order valence-corrected chi connectivity index (χ2v) is 5.13. The monoisotopic (exact) mass is 338 g/mol. The topological polar surface area (TPSA) is 62.7 Å². The van der Waals surface area contributed by atoms with Gasteiger partial charge in [0.25, 0.3) is 0 Å². The van der Waals surface area contributed by atoms with Gasteiger partial charge in [-0.3, -0.25) is 0 Å². The lowest BCUT2D eigenvalue weighted by atomic mass is 10.1. The minimum Gasteiger partial charge on any atom is -0.497 e. The Balaban J connectivity index is 1.78. The maximum Gasteiger partial charge on any atom is 0.321 e. The summed E-state index contributed by atoms with van der Waals surface area (Å²) in [4.78, 5) is 8.52. The Kier molecular flexibility index (Phi) is 4.99. The van der Waals surface area contributed by atoms with Crippen LogP contribution in [-0.2, 0) is 0 Å². The van der Waals surface area contributed by atoms with E-state index in [-0.39, 0.29) is 6.01 Å². The standard InChI is InChI=1S/C19H18N2O4/c1-22-15-6-4-13(5-7-15)14-11-20-19(21-12-14)25-18-9-16(23-2)8-17(10-18)24-3/h4-12H,1-3H3. The average Bonchev–Trinajstić information content (AvgIpc) is 2.68. The Labute approximate surface area is 146 Å². The predicted octanol–water partition coefficient (Wildman–Crippen LogP) is 3.96. The highest BCUT2D eigenvalue weighted by molar-refractivity contribution is 5.62. The number of benzene rings is 2. The van der Waals surface area contributed by atoms with E-state index < -0.39 is 0 Å². The third kappa shape index (κ3) is 3.98. The lowest BCUT2D eigenvalue weighted by molar-refractivity contribution is 0.382. The first-order chi connectivity index (χ1) is 12.2. The molecule has 0 bridgehead atoms. The number of ether oxygens (including phenoxy) is 4. The molecule has 0 aliphatic carbocycles. The highest BCUT2D eigenvalue weighted by Crippen LogP contribution is 2.30. The third-order valence-electron chi connectivity index (χ3n) is 3.59.